The smallest absolute Gasteiger partial charge is 0.191 e. The van der Waals surface area contributed by atoms with E-state index in [1.165, 1.54) is 16.8 Å². The van der Waals surface area contributed by atoms with E-state index in [0.29, 0.717) is 0 Å². The lowest BCUT2D eigenvalue weighted by Gasteiger charge is -2.18. The van der Waals surface area contributed by atoms with Gasteiger partial charge in [0, 0.05) is 32.4 Å². The number of hydrogen-bond acceptors (Lipinski definition) is 3. The van der Waals surface area contributed by atoms with Gasteiger partial charge in [-0.05, 0) is 55.1 Å². The molecule has 2 N–H and O–H groups in total. The fourth-order valence-electron chi connectivity index (χ4n) is 2.48. The van der Waals surface area contributed by atoms with Gasteiger partial charge in [0.25, 0.3) is 0 Å². The predicted molar refractivity (Wildman–Crippen MR) is 109 cm³/mol. The summed E-state index contributed by atoms with van der Waals surface area (Å²) in [5.41, 5.74) is 4.93. The van der Waals surface area contributed by atoms with Crippen LogP contribution in [0.4, 0.5) is 0 Å². The highest BCUT2D eigenvalue weighted by molar-refractivity contribution is 14.0. The Morgan fingerprint density at radius 3 is 2.70 bits per heavy atom. The molecule has 128 valence electrons. The second-order valence-electron chi connectivity index (χ2n) is 5.58. The normalized spacial score (nSPS) is 12.7. The third kappa shape index (κ3) is 5.49. The van der Waals surface area contributed by atoms with Crippen molar-refractivity contribution in [1.29, 1.82) is 0 Å². The molecule has 0 aliphatic heterocycles. The van der Waals surface area contributed by atoms with Crippen LogP contribution in [-0.2, 0) is 20.0 Å². The Kier molecular flexibility index (Phi) is 8.04. The van der Waals surface area contributed by atoms with E-state index in [1.807, 2.05) is 11.7 Å². The number of rotatable bonds is 5. The molecule has 2 rings (SSSR count). The molecule has 0 fully saturated rings. The minimum atomic E-state index is 0. The first-order valence-electron chi connectivity index (χ1n) is 7.48. The van der Waals surface area contributed by atoms with Crippen molar-refractivity contribution in [3.8, 4) is 0 Å². The monoisotopic (exact) mass is 447 g/mol. The molecule has 7 heteroatoms. The fraction of sp³-hybridized carbons (Fsp3) is 0.500. The molecule has 1 unspecified atom stereocenters. The Morgan fingerprint density at radius 1 is 1.43 bits per heavy atom. The number of nitrogens with zero attached hydrogens (tertiary/aromatic N) is 3. The summed E-state index contributed by atoms with van der Waals surface area (Å²) in [4.78, 5) is 4.30. The molecule has 0 bridgehead atoms. The summed E-state index contributed by atoms with van der Waals surface area (Å²) in [5, 5.41) is 15.5. The van der Waals surface area contributed by atoms with Gasteiger partial charge in [-0.2, -0.15) is 16.4 Å². The Labute approximate surface area is 159 Å². The molecule has 0 radical (unpaired) electrons. The molecule has 23 heavy (non-hydrogen) atoms. The lowest BCUT2D eigenvalue weighted by Crippen LogP contribution is -2.42. The Bertz CT molecular complexity index is 633. The highest BCUT2D eigenvalue weighted by atomic mass is 127. The molecule has 0 saturated carbocycles. The minimum absolute atomic E-state index is 0. The topological polar surface area (TPSA) is 54.2 Å². The summed E-state index contributed by atoms with van der Waals surface area (Å²) in [7, 11) is 3.79. The highest BCUT2D eigenvalue weighted by Gasteiger charge is 2.13. The van der Waals surface area contributed by atoms with E-state index in [0.717, 1.165) is 24.6 Å². The second-order valence-corrected chi connectivity index (χ2v) is 6.36. The van der Waals surface area contributed by atoms with Gasteiger partial charge in [-0.25, -0.2) is 0 Å². The van der Waals surface area contributed by atoms with Gasteiger partial charge in [0.15, 0.2) is 5.96 Å². The van der Waals surface area contributed by atoms with E-state index in [-0.39, 0.29) is 30.0 Å². The van der Waals surface area contributed by atoms with Crippen molar-refractivity contribution in [2.75, 3.05) is 7.05 Å². The zero-order valence-electron chi connectivity index (χ0n) is 14.4. The van der Waals surface area contributed by atoms with Crippen molar-refractivity contribution in [2.45, 2.75) is 39.8 Å². The van der Waals surface area contributed by atoms with Gasteiger partial charge in [0.1, 0.15) is 0 Å². The second kappa shape index (κ2) is 9.27. The number of guanidine groups is 1. The summed E-state index contributed by atoms with van der Waals surface area (Å²) in [5.74, 6) is 0.831. The number of aryl methyl sites for hydroxylation is 2. The first kappa shape index (κ1) is 20.0. The molecule has 2 heterocycles. The summed E-state index contributed by atoms with van der Waals surface area (Å²) >= 11 is 1.71. The maximum absolute atomic E-state index is 4.48. The first-order valence-corrected chi connectivity index (χ1v) is 8.43. The minimum Gasteiger partial charge on any atom is -0.354 e. The molecular weight excluding hydrogens is 421 g/mol. The average Bonchev–Trinajstić information content (AvgIpc) is 3.08. The highest BCUT2D eigenvalue weighted by Crippen LogP contribution is 2.14. The Hall–Kier alpha value is -1.09. The van der Waals surface area contributed by atoms with Crippen LogP contribution in [0.1, 0.15) is 29.4 Å². The first-order chi connectivity index (χ1) is 10.5. The average molecular weight is 447 g/mol. The van der Waals surface area contributed by atoms with Crippen molar-refractivity contribution < 1.29 is 0 Å². The van der Waals surface area contributed by atoms with Gasteiger partial charge in [-0.3, -0.25) is 9.67 Å². The maximum Gasteiger partial charge on any atom is 0.191 e. The largest absolute Gasteiger partial charge is 0.354 e. The molecule has 0 amide bonds. The van der Waals surface area contributed by atoms with Gasteiger partial charge in [-0.1, -0.05) is 0 Å². The van der Waals surface area contributed by atoms with Crippen LogP contribution in [-0.4, -0.2) is 28.8 Å². The predicted octanol–water partition coefficient (Wildman–Crippen LogP) is 3.01. The van der Waals surface area contributed by atoms with E-state index >= 15 is 0 Å². The number of halogens is 1. The van der Waals surface area contributed by atoms with Crippen molar-refractivity contribution in [2.24, 2.45) is 12.0 Å². The van der Waals surface area contributed by atoms with Gasteiger partial charge in [-0.15, -0.1) is 24.0 Å². The van der Waals surface area contributed by atoms with E-state index in [9.17, 15) is 0 Å². The van der Waals surface area contributed by atoms with Crippen molar-refractivity contribution in [3.63, 3.8) is 0 Å². The van der Waals surface area contributed by atoms with Crippen LogP contribution < -0.4 is 10.6 Å². The molecule has 0 spiro atoms. The van der Waals surface area contributed by atoms with Crippen LogP contribution in [0.2, 0.25) is 0 Å². The van der Waals surface area contributed by atoms with E-state index in [2.05, 4.69) is 58.3 Å². The zero-order valence-corrected chi connectivity index (χ0v) is 17.5. The van der Waals surface area contributed by atoms with Gasteiger partial charge in [0.2, 0.25) is 0 Å². The molecule has 1 atom stereocenters. The summed E-state index contributed by atoms with van der Waals surface area (Å²) in [6.45, 7) is 7.15. The van der Waals surface area contributed by atoms with Crippen LogP contribution in [0.5, 0.6) is 0 Å². The van der Waals surface area contributed by atoms with Crippen LogP contribution in [0.15, 0.2) is 21.8 Å². The lowest BCUT2D eigenvalue weighted by atomic mass is 10.1. The number of nitrogens with one attached hydrogen (secondary N) is 2. The van der Waals surface area contributed by atoms with Gasteiger partial charge >= 0.3 is 0 Å². The van der Waals surface area contributed by atoms with Crippen LogP contribution in [0, 0.1) is 13.8 Å². The summed E-state index contributed by atoms with van der Waals surface area (Å²) in [6, 6.07) is 2.41. The third-order valence-corrected chi connectivity index (χ3v) is 4.55. The Morgan fingerprint density at radius 2 is 2.17 bits per heavy atom. The molecule has 5 nitrogen and oxygen atoms in total. The quantitative estimate of drug-likeness (QED) is 0.421. The van der Waals surface area contributed by atoms with E-state index < -0.39 is 0 Å². The van der Waals surface area contributed by atoms with Gasteiger partial charge in [0.05, 0.1) is 5.69 Å². The standard InChI is InChI=1S/C16H25N5S.HI/c1-11(8-15-12(2)20-21(5)13(15)3)19-16(17-4)18-9-14-6-7-22-10-14;/h6-7,10-11H,8-9H2,1-5H3,(H2,17,18,19);1H. The Balaban J connectivity index is 0.00000264. The van der Waals surface area contributed by atoms with Crippen molar-refractivity contribution >= 4 is 41.3 Å². The zero-order chi connectivity index (χ0) is 16.1. The molecule has 0 aliphatic carbocycles. The molecule has 0 saturated heterocycles. The molecular formula is C16H26IN5S. The van der Waals surface area contributed by atoms with Crippen molar-refractivity contribution in [3.05, 3.63) is 39.3 Å². The van der Waals surface area contributed by atoms with E-state index in [4.69, 9.17) is 0 Å². The number of thiophene rings is 1. The number of aromatic nitrogens is 2. The fourth-order valence-corrected chi connectivity index (χ4v) is 3.15. The molecule has 2 aromatic rings. The number of aliphatic imine (C=N–C) groups is 1. The van der Waals surface area contributed by atoms with Gasteiger partial charge < -0.3 is 10.6 Å². The maximum atomic E-state index is 4.48. The third-order valence-electron chi connectivity index (χ3n) is 3.82. The SMILES string of the molecule is CN=C(NCc1ccsc1)NC(C)Cc1c(C)nn(C)c1C.I. The summed E-state index contributed by atoms with van der Waals surface area (Å²) < 4.78 is 1.95. The van der Waals surface area contributed by atoms with Crippen LogP contribution in [0.25, 0.3) is 0 Å². The summed E-state index contributed by atoms with van der Waals surface area (Å²) in [6.07, 6.45) is 0.935. The van der Waals surface area contributed by atoms with Crippen molar-refractivity contribution in [1.82, 2.24) is 20.4 Å². The van der Waals surface area contributed by atoms with Crippen LogP contribution in [0.3, 0.4) is 0 Å². The van der Waals surface area contributed by atoms with E-state index in [1.54, 1.807) is 18.4 Å². The molecule has 0 aliphatic rings. The molecule has 0 aromatic carbocycles. The molecule has 2 aromatic heterocycles. The lowest BCUT2D eigenvalue weighted by molar-refractivity contribution is 0.635. The van der Waals surface area contributed by atoms with Crippen LogP contribution >= 0.6 is 35.3 Å². The number of hydrogen-bond donors (Lipinski definition) is 2.